The van der Waals surface area contributed by atoms with Crippen LogP contribution in [0.15, 0.2) is 46.8 Å². The Morgan fingerprint density at radius 1 is 1.10 bits per heavy atom. The maximum absolute atomic E-state index is 12.3. The lowest BCUT2D eigenvalue weighted by Crippen LogP contribution is -2.48. The molecule has 4 N–H and O–H groups in total. The van der Waals surface area contributed by atoms with E-state index in [9.17, 15) is 9.90 Å². The van der Waals surface area contributed by atoms with Gasteiger partial charge in [0, 0.05) is 61.8 Å². The second kappa shape index (κ2) is 11.7. The number of aliphatic hydroxyl groups excluding tert-OH is 1. The van der Waals surface area contributed by atoms with E-state index in [-0.39, 0.29) is 23.5 Å². The molecular formula is C28H34ClN9O2S. The number of ketones is 1. The average molecular weight is 596 g/mol. The van der Waals surface area contributed by atoms with Gasteiger partial charge in [-0.2, -0.15) is 4.98 Å². The summed E-state index contributed by atoms with van der Waals surface area (Å²) in [7, 11) is 0. The van der Waals surface area contributed by atoms with E-state index in [0.717, 1.165) is 56.0 Å². The van der Waals surface area contributed by atoms with Gasteiger partial charge in [0.1, 0.15) is 22.4 Å². The zero-order chi connectivity index (χ0) is 28.6. The van der Waals surface area contributed by atoms with Crippen molar-refractivity contribution in [3.05, 3.63) is 41.9 Å². The van der Waals surface area contributed by atoms with Gasteiger partial charge in [-0.3, -0.25) is 4.79 Å². The summed E-state index contributed by atoms with van der Waals surface area (Å²) >= 11 is 8.15. The fourth-order valence-corrected chi connectivity index (χ4v) is 7.13. The van der Waals surface area contributed by atoms with Gasteiger partial charge in [-0.15, -0.1) is 0 Å². The van der Waals surface area contributed by atoms with Gasteiger partial charge in [-0.05, 0) is 43.2 Å². The number of hydrogen-bond donors (Lipinski definition) is 3. The largest absolute Gasteiger partial charge is 0.391 e. The van der Waals surface area contributed by atoms with E-state index in [2.05, 4.69) is 35.1 Å². The Bertz CT molecular complexity index is 1400. The Morgan fingerprint density at radius 2 is 1.90 bits per heavy atom. The van der Waals surface area contributed by atoms with E-state index in [0.29, 0.717) is 46.4 Å². The molecule has 3 aromatic heterocycles. The summed E-state index contributed by atoms with van der Waals surface area (Å²) in [6, 6.07) is 3.53. The maximum Gasteiger partial charge on any atom is 0.227 e. The van der Waals surface area contributed by atoms with Gasteiger partial charge in [0.2, 0.25) is 5.95 Å². The minimum absolute atomic E-state index is 0.0543. The molecule has 3 fully saturated rings. The predicted octanol–water partition coefficient (Wildman–Crippen LogP) is 3.69. The number of pyridine rings is 1. The van der Waals surface area contributed by atoms with E-state index < -0.39 is 0 Å². The van der Waals surface area contributed by atoms with Crippen LogP contribution in [0.3, 0.4) is 0 Å². The summed E-state index contributed by atoms with van der Waals surface area (Å²) in [5.41, 5.74) is 6.38. The van der Waals surface area contributed by atoms with Crippen LogP contribution < -0.4 is 20.9 Å². The molecular weight excluding hydrogens is 562 g/mol. The molecule has 2 aliphatic heterocycles. The van der Waals surface area contributed by atoms with Gasteiger partial charge >= 0.3 is 0 Å². The predicted molar refractivity (Wildman–Crippen MR) is 159 cm³/mol. The Hall–Kier alpha value is -3.06. The molecule has 2 saturated heterocycles. The molecule has 0 radical (unpaired) electrons. The highest BCUT2D eigenvalue weighted by Gasteiger charge is 2.50. The van der Waals surface area contributed by atoms with Crippen LogP contribution in [0, 0.1) is 11.3 Å². The molecule has 5 heterocycles. The number of aromatic nitrogens is 5. The Morgan fingerprint density at radius 3 is 2.61 bits per heavy atom. The second-order valence-electron chi connectivity index (χ2n) is 11.2. The van der Waals surface area contributed by atoms with Crippen LogP contribution in [0.5, 0.6) is 0 Å². The van der Waals surface area contributed by atoms with Crippen molar-refractivity contribution in [3.63, 3.8) is 0 Å². The highest BCUT2D eigenvalue weighted by molar-refractivity contribution is 7.99. The topological polar surface area (TPSA) is 146 Å². The standard InChI is InChI=1S/C28H34ClN9O2S/c1-17-19(40)13-28(25(17)30)6-11-37(12-7-28)22-14-34-23(15-33-22)41-20-4-8-31-26(24(20)29)35-21-5-9-32-27(36-21)38-10-2-3-18(39)16-38/h4-5,8-9,14-15,17-18,25,39H,2-3,6-7,10-13,16,30H2,1H3,(H,31,32,35,36)/t17-,18-,25+/m1/s1. The second-order valence-corrected chi connectivity index (χ2v) is 12.6. The van der Waals surface area contributed by atoms with Crippen LogP contribution in [0.25, 0.3) is 0 Å². The molecule has 3 aromatic rings. The SMILES string of the molecule is C[C@@H]1C(=O)CC2(CCN(c3cnc(Sc4ccnc(Nc5ccnc(N6CCC[C@@H](O)C6)n5)c4Cl)cn3)CC2)[C@H]1N. The summed E-state index contributed by atoms with van der Waals surface area (Å²) in [5, 5.41) is 14.4. The maximum atomic E-state index is 12.3. The van der Waals surface area contributed by atoms with Crippen LogP contribution in [-0.4, -0.2) is 74.1 Å². The minimum Gasteiger partial charge on any atom is -0.391 e. The Kier molecular flexibility index (Phi) is 7.99. The lowest BCUT2D eigenvalue weighted by molar-refractivity contribution is -0.120. The van der Waals surface area contributed by atoms with Crippen molar-refractivity contribution in [3.8, 4) is 0 Å². The van der Waals surface area contributed by atoms with Crippen LogP contribution in [0.2, 0.25) is 5.02 Å². The molecule has 13 heteroatoms. The number of carbonyl (C=O) groups excluding carboxylic acids is 1. The number of piperidine rings is 2. The first-order valence-electron chi connectivity index (χ1n) is 14.0. The van der Waals surface area contributed by atoms with E-state index in [1.165, 1.54) is 11.8 Å². The van der Waals surface area contributed by atoms with Gasteiger partial charge in [0.15, 0.2) is 5.82 Å². The Labute approximate surface area is 248 Å². The quantitative estimate of drug-likeness (QED) is 0.382. The van der Waals surface area contributed by atoms with Crippen LogP contribution >= 0.6 is 23.4 Å². The highest BCUT2D eigenvalue weighted by atomic mass is 35.5. The molecule has 0 bridgehead atoms. The van der Waals surface area contributed by atoms with Crippen molar-refractivity contribution in [2.24, 2.45) is 17.1 Å². The molecule has 3 atom stereocenters. The third-order valence-electron chi connectivity index (χ3n) is 8.61. The first-order chi connectivity index (χ1) is 19.8. The molecule has 1 aliphatic carbocycles. The van der Waals surface area contributed by atoms with Crippen molar-refractivity contribution in [1.29, 1.82) is 0 Å². The van der Waals surface area contributed by atoms with E-state index in [1.54, 1.807) is 30.9 Å². The molecule has 3 aliphatic rings. The van der Waals surface area contributed by atoms with Gasteiger partial charge in [0.25, 0.3) is 0 Å². The van der Waals surface area contributed by atoms with Crippen molar-refractivity contribution in [2.75, 3.05) is 41.3 Å². The van der Waals surface area contributed by atoms with Gasteiger partial charge in [0.05, 0.1) is 23.5 Å². The zero-order valence-electron chi connectivity index (χ0n) is 22.9. The first kappa shape index (κ1) is 28.1. The van der Waals surface area contributed by atoms with Crippen LogP contribution in [-0.2, 0) is 4.79 Å². The Balaban J connectivity index is 1.09. The number of aliphatic hydroxyl groups is 1. The summed E-state index contributed by atoms with van der Waals surface area (Å²) in [6.07, 6.45) is 10.6. The third-order valence-corrected chi connectivity index (χ3v) is 10.1. The number of rotatable bonds is 6. The van der Waals surface area contributed by atoms with Gasteiger partial charge in [-0.1, -0.05) is 30.3 Å². The summed E-state index contributed by atoms with van der Waals surface area (Å²) in [4.78, 5) is 39.9. The smallest absolute Gasteiger partial charge is 0.227 e. The van der Waals surface area contributed by atoms with Crippen molar-refractivity contribution >= 4 is 52.5 Å². The first-order valence-corrected chi connectivity index (χ1v) is 15.2. The van der Waals surface area contributed by atoms with Crippen LogP contribution in [0.1, 0.15) is 39.0 Å². The summed E-state index contributed by atoms with van der Waals surface area (Å²) < 4.78 is 0. The summed E-state index contributed by atoms with van der Waals surface area (Å²) in [6.45, 7) is 4.89. The number of nitrogens with one attached hydrogen (secondary N) is 1. The number of anilines is 4. The lowest BCUT2D eigenvalue weighted by atomic mass is 9.73. The highest BCUT2D eigenvalue weighted by Crippen LogP contribution is 2.46. The number of β-amino-alcohol motifs (C(OH)–C–C–N with tert-alkyl or cyclic N) is 1. The molecule has 0 unspecified atom stereocenters. The monoisotopic (exact) mass is 595 g/mol. The number of carbonyl (C=O) groups is 1. The molecule has 216 valence electrons. The molecule has 0 aromatic carbocycles. The summed E-state index contributed by atoms with van der Waals surface area (Å²) in [5.74, 6) is 2.66. The number of Topliss-reactive ketones (excluding diaryl/α,β-unsaturated/α-hetero) is 1. The number of halogens is 1. The molecule has 6 rings (SSSR count). The molecule has 11 nitrogen and oxygen atoms in total. The average Bonchev–Trinajstić information content (AvgIpc) is 3.19. The normalized spacial score (nSPS) is 24.2. The van der Waals surface area contributed by atoms with Gasteiger partial charge < -0.3 is 26.0 Å². The third kappa shape index (κ3) is 5.83. The van der Waals surface area contributed by atoms with Crippen molar-refractivity contribution < 1.29 is 9.90 Å². The van der Waals surface area contributed by atoms with E-state index in [4.69, 9.17) is 17.3 Å². The molecule has 41 heavy (non-hydrogen) atoms. The number of nitrogens with two attached hydrogens (primary N) is 1. The zero-order valence-corrected chi connectivity index (χ0v) is 24.5. The lowest BCUT2D eigenvalue weighted by Gasteiger charge is -2.42. The van der Waals surface area contributed by atoms with Crippen molar-refractivity contribution in [2.45, 2.75) is 61.1 Å². The number of nitrogens with zero attached hydrogens (tertiary/aromatic N) is 7. The molecule has 0 amide bonds. The number of hydrogen-bond acceptors (Lipinski definition) is 12. The molecule has 1 saturated carbocycles. The fraction of sp³-hybridized carbons (Fsp3) is 0.500. The van der Waals surface area contributed by atoms with E-state index in [1.807, 2.05) is 17.9 Å². The van der Waals surface area contributed by atoms with Crippen LogP contribution in [0.4, 0.5) is 23.4 Å². The minimum atomic E-state index is -0.371. The van der Waals surface area contributed by atoms with E-state index >= 15 is 0 Å². The molecule has 1 spiro atoms. The van der Waals surface area contributed by atoms with Crippen molar-refractivity contribution in [1.82, 2.24) is 24.9 Å². The fourth-order valence-electron chi connectivity index (χ4n) is 6.11. The van der Waals surface area contributed by atoms with Gasteiger partial charge in [-0.25, -0.2) is 19.9 Å².